The van der Waals surface area contributed by atoms with E-state index in [9.17, 15) is 9.59 Å². The third kappa shape index (κ3) is 1.00. The number of pyridine rings is 1. The average molecular weight is 219 g/mol. The molecule has 1 spiro atoms. The summed E-state index contributed by atoms with van der Waals surface area (Å²) in [6, 6.07) is 3.13. The zero-order chi connectivity index (χ0) is 11.3. The van der Waals surface area contributed by atoms with E-state index >= 15 is 0 Å². The molecule has 0 saturated heterocycles. The summed E-state index contributed by atoms with van der Waals surface area (Å²) in [5.74, 6) is -0.168. The molecule has 3 rings (SSSR count). The Morgan fingerprint density at radius 2 is 1.94 bits per heavy atom. The van der Waals surface area contributed by atoms with Crippen molar-refractivity contribution in [2.45, 2.75) is 31.3 Å². The summed E-state index contributed by atoms with van der Waals surface area (Å²) in [6.07, 6.45) is 3.69. The first-order chi connectivity index (χ1) is 7.64. The fourth-order valence-electron chi connectivity index (χ4n) is 2.79. The first-order valence-electron chi connectivity index (χ1n) is 5.49. The second-order valence-corrected chi connectivity index (χ2v) is 4.51. The first kappa shape index (κ1) is 9.45. The molecule has 5 heteroatoms. The van der Waals surface area contributed by atoms with Crippen molar-refractivity contribution in [1.29, 1.82) is 0 Å². The van der Waals surface area contributed by atoms with Gasteiger partial charge in [-0.15, -0.1) is 0 Å². The minimum atomic E-state index is -0.501. The number of rotatable bonds is 0. The lowest BCUT2D eigenvalue weighted by Gasteiger charge is -2.26. The predicted molar refractivity (Wildman–Crippen MR) is 59.0 cm³/mol. The Morgan fingerprint density at radius 1 is 1.25 bits per heavy atom. The molecule has 0 radical (unpaired) electrons. The van der Waals surface area contributed by atoms with Gasteiger partial charge in [0.1, 0.15) is 11.4 Å². The number of nitrogens with two attached hydrogens (primary N) is 1. The highest BCUT2D eigenvalue weighted by molar-refractivity contribution is 5.95. The molecular weight excluding hydrogens is 206 g/mol. The molecule has 0 bridgehead atoms. The van der Waals surface area contributed by atoms with Gasteiger partial charge in [0, 0.05) is 0 Å². The summed E-state index contributed by atoms with van der Waals surface area (Å²) in [5.41, 5.74) is 5.50. The highest BCUT2D eigenvalue weighted by Gasteiger charge is 2.45. The van der Waals surface area contributed by atoms with E-state index in [-0.39, 0.29) is 17.2 Å². The molecule has 84 valence electrons. The maximum Gasteiger partial charge on any atom is 0.276 e. The zero-order valence-electron chi connectivity index (χ0n) is 8.82. The van der Waals surface area contributed by atoms with Crippen LogP contribution in [0.15, 0.2) is 16.9 Å². The minimum absolute atomic E-state index is 0.168. The molecule has 2 heterocycles. The number of hydrogen-bond acceptors (Lipinski definition) is 3. The van der Waals surface area contributed by atoms with Crippen LogP contribution >= 0.6 is 0 Å². The number of anilines is 1. The summed E-state index contributed by atoms with van der Waals surface area (Å²) >= 11 is 0. The Morgan fingerprint density at radius 3 is 2.62 bits per heavy atom. The minimum Gasteiger partial charge on any atom is -0.394 e. The number of nitrogens with zero attached hydrogens (tertiary/aromatic N) is 1. The van der Waals surface area contributed by atoms with Crippen molar-refractivity contribution in [3.63, 3.8) is 0 Å². The second-order valence-electron chi connectivity index (χ2n) is 4.51. The molecule has 2 aliphatic rings. The monoisotopic (exact) mass is 219 g/mol. The van der Waals surface area contributed by atoms with E-state index in [2.05, 4.69) is 5.32 Å². The van der Waals surface area contributed by atoms with Gasteiger partial charge in [-0.3, -0.25) is 14.2 Å². The van der Waals surface area contributed by atoms with Gasteiger partial charge >= 0.3 is 0 Å². The molecule has 16 heavy (non-hydrogen) atoms. The lowest BCUT2D eigenvalue weighted by Crippen LogP contribution is -2.45. The van der Waals surface area contributed by atoms with Crippen molar-refractivity contribution in [3.8, 4) is 0 Å². The molecular formula is C11H13N3O2. The van der Waals surface area contributed by atoms with Crippen molar-refractivity contribution in [3.05, 3.63) is 28.2 Å². The lowest BCUT2D eigenvalue weighted by molar-refractivity contribution is 0.0920. The standard InChI is InChI=1S/C11H13N3O2/c12-7-3-4-8-9(15)13-11(5-1-2-6-11)14(8)10(7)16/h3-4H,1-2,5-6,12H2,(H,13,15). The fourth-order valence-corrected chi connectivity index (χ4v) is 2.79. The molecule has 1 amide bonds. The normalized spacial score (nSPS) is 21.1. The lowest BCUT2D eigenvalue weighted by atomic mass is 10.1. The molecule has 3 N–H and O–H groups in total. The van der Waals surface area contributed by atoms with Gasteiger partial charge in [0.25, 0.3) is 11.5 Å². The van der Waals surface area contributed by atoms with Crippen molar-refractivity contribution in [2.24, 2.45) is 0 Å². The second kappa shape index (κ2) is 2.87. The third-order valence-corrected chi connectivity index (χ3v) is 3.55. The van der Waals surface area contributed by atoms with Crippen molar-refractivity contribution < 1.29 is 4.79 Å². The number of hydrogen-bond donors (Lipinski definition) is 2. The van der Waals surface area contributed by atoms with Crippen LogP contribution in [-0.2, 0) is 5.66 Å². The molecule has 5 nitrogen and oxygen atoms in total. The molecule has 1 aromatic rings. The van der Waals surface area contributed by atoms with Gasteiger partial charge < -0.3 is 11.1 Å². The van der Waals surface area contributed by atoms with E-state index < -0.39 is 5.66 Å². The van der Waals surface area contributed by atoms with E-state index in [1.807, 2.05) is 0 Å². The van der Waals surface area contributed by atoms with Crippen molar-refractivity contribution in [1.82, 2.24) is 9.88 Å². The summed E-state index contributed by atoms with van der Waals surface area (Å²) in [6.45, 7) is 0. The van der Waals surface area contributed by atoms with Crippen LogP contribution in [0.1, 0.15) is 36.2 Å². The largest absolute Gasteiger partial charge is 0.394 e. The maximum absolute atomic E-state index is 12.0. The Bertz CT molecular complexity index is 527. The maximum atomic E-state index is 12.0. The third-order valence-electron chi connectivity index (χ3n) is 3.55. The highest BCUT2D eigenvalue weighted by Crippen LogP contribution is 2.37. The van der Waals surface area contributed by atoms with E-state index in [4.69, 9.17) is 5.73 Å². The van der Waals surface area contributed by atoms with Crippen LogP contribution in [-0.4, -0.2) is 10.5 Å². The first-order valence-corrected chi connectivity index (χ1v) is 5.49. The summed E-state index contributed by atoms with van der Waals surface area (Å²) in [5, 5.41) is 2.93. The molecule has 0 aromatic carbocycles. The molecule has 1 aliphatic carbocycles. The summed E-state index contributed by atoms with van der Waals surface area (Å²) in [7, 11) is 0. The number of carbonyl (C=O) groups excluding carboxylic acids is 1. The Labute approximate surface area is 92.3 Å². The van der Waals surface area contributed by atoms with Gasteiger partial charge in [-0.2, -0.15) is 0 Å². The van der Waals surface area contributed by atoms with E-state index in [0.29, 0.717) is 5.69 Å². The van der Waals surface area contributed by atoms with Crippen LogP contribution in [0.2, 0.25) is 0 Å². The Kier molecular flexibility index (Phi) is 1.70. The number of nitrogen functional groups attached to an aromatic ring is 1. The van der Waals surface area contributed by atoms with Crippen LogP contribution in [0.5, 0.6) is 0 Å². The Hall–Kier alpha value is -1.78. The predicted octanol–water partition coefficient (Wildman–Crippen LogP) is 0.401. The Balaban J connectivity index is 2.30. The van der Waals surface area contributed by atoms with Gasteiger partial charge in [-0.1, -0.05) is 0 Å². The van der Waals surface area contributed by atoms with Crippen LogP contribution in [0.4, 0.5) is 5.69 Å². The van der Waals surface area contributed by atoms with E-state index in [0.717, 1.165) is 25.7 Å². The van der Waals surface area contributed by atoms with Gasteiger partial charge in [0.05, 0.1) is 5.69 Å². The van der Waals surface area contributed by atoms with Crippen LogP contribution in [0, 0.1) is 0 Å². The van der Waals surface area contributed by atoms with E-state index in [1.165, 1.54) is 6.07 Å². The molecule has 1 fully saturated rings. The van der Waals surface area contributed by atoms with Crippen molar-refractivity contribution >= 4 is 11.6 Å². The quantitative estimate of drug-likeness (QED) is 0.663. The molecule has 0 unspecified atom stereocenters. The van der Waals surface area contributed by atoms with Crippen LogP contribution in [0.3, 0.4) is 0 Å². The van der Waals surface area contributed by atoms with Gasteiger partial charge in [-0.25, -0.2) is 0 Å². The summed E-state index contributed by atoms with van der Waals surface area (Å²) in [4.78, 5) is 23.8. The zero-order valence-corrected chi connectivity index (χ0v) is 8.82. The van der Waals surface area contributed by atoms with Crippen LogP contribution < -0.4 is 16.6 Å². The van der Waals surface area contributed by atoms with Crippen LogP contribution in [0.25, 0.3) is 0 Å². The molecule has 1 aliphatic heterocycles. The summed E-state index contributed by atoms with van der Waals surface area (Å²) < 4.78 is 1.55. The highest BCUT2D eigenvalue weighted by atomic mass is 16.2. The smallest absolute Gasteiger partial charge is 0.276 e. The fraction of sp³-hybridized carbons (Fsp3) is 0.455. The average Bonchev–Trinajstić information content (AvgIpc) is 2.80. The topological polar surface area (TPSA) is 77.1 Å². The molecule has 1 saturated carbocycles. The van der Waals surface area contributed by atoms with E-state index in [1.54, 1.807) is 10.6 Å². The van der Waals surface area contributed by atoms with Gasteiger partial charge in [-0.05, 0) is 37.8 Å². The number of carbonyl (C=O) groups is 1. The number of nitrogens with one attached hydrogen (secondary N) is 1. The number of fused-ring (bicyclic) bond motifs is 2. The van der Waals surface area contributed by atoms with Crippen molar-refractivity contribution in [2.75, 3.05) is 5.73 Å². The molecule has 0 atom stereocenters. The molecule has 1 aromatic heterocycles. The van der Waals surface area contributed by atoms with Gasteiger partial charge in [0.15, 0.2) is 0 Å². The SMILES string of the molecule is Nc1ccc2n(c1=O)C1(CCCC1)NC2=O. The number of aromatic nitrogens is 1. The number of amides is 1. The van der Waals surface area contributed by atoms with Gasteiger partial charge in [0.2, 0.25) is 0 Å².